The topological polar surface area (TPSA) is 193 Å². The lowest BCUT2D eigenvalue weighted by Gasteiger charge is -2.33. The molecule has 7 N–H and O–H groups in total. The molecule has 2 aliphatic rings. The van der Waals surface area contributed by atoms with Crippen molar-refractivity contribution < 1.29 is 9.59 Å². The number of hydrogen-bond acceptors (Lipinski definition) is 12. The zero-order valence-corrected chi connectivity index (χ0v) is 31.4. The predicted octanol–water partition coefficient (Wildman–Crippen LogP) is 3.35. The van der Waals surface area contributed by atoms with Crippen molar-refractivity contribution >= 4 is 34.5 Å². The lowest BCUT2D eigenvalue weighted by molar-refractivity contribution is -0.132. The van der Waals surface area contributed by atoms with Crippen LogP contribution in [0, 0.1) is 0 Å². The monoisotopic (exact) mass is 739 g/mol. The normalized spacial score (nSPS) is 16.0. The fourth-order valence-electron chi connectivity index (χ4n) is 7.13. The SMILES string of the molecule is NC(CCC(=O)N1CCC(Nc2nc(NCc3cn(CCCNCCCNC4CCCCC4)nn3)nc3ccccc23)CC1)C(=O)NCc1ccccn1. The Kier molecular flexibility index (Phi) is 14.9. The first kappa shape index (κ1) is 39.0. The summed E-state index contributed by atoms with van der Waals surface area (Å²) in [5.74, 6) is 1.01. The van der Waals surface area contributed by atoms with Crippen LogP contribution < -0.4 is 32.3 Å². The second-order valence-electron chi connectivity index (χ2n) is 14.5. The van der Waals surface area contributed by atoms with E-state index in [9.17, 15) is 9.59 Å². The lowest BCUT2D eigenvalue weighted by Crippen LogP contribution is -2.44. The molecule has 1 aromatic carbocycles. The minimum absolute atomic E-state index is 0.0157. The molecule has 1 atom stereocenters. The van der Waals surface area contributed by atoms with E-state index in [1.54, 1.807) is 6.20 Å². The van der Waals surface area contributed by atoms with E-state index in [2.05, 4.69) is 41.9 Å². The Morgan fingerprint density at radius 3 is 2.52 bits per heavy atom. The number of benzene rings is 1. The van der Waals surface area contributed by atoms with Crippen molar-refractivity contribution in [2.45, 2.75) is 108 Å². The molecule has 4 aromatic rings. The van der Waals surface area contributed by atoms with Gasteiger partial charge in [0.15, 0.2) is 0 Å². The highest BCUT2D eigenvalue weighted by molar-refractivity contribution is 5.90. The molecular weight excluding hydrogens is 683 g/mol. The van der Waals surface area contributed by atoms with Gasteiger partial charge >= 0.3 is 0 Å². The number of amides is 2. The number of aromatic nitrogens is 6. The molecule has 15 heteroatoms. The van der Waals surface area contributed by atoms with Crippen LogP contribution in [0.15, 0.2) is 54.9 Å². The number of nitrogens with one attached hydrogen (secondary N) is 5. The minimum Gasteiger partial charge on any atom is -0.367 e. The Labute approximate surface area is 318 Å². The molecule has 0 bridgehead atoms. The van der Waals surface area contributed by atoms with E-state index >= 15 is 0 Å². The highest BCUT2D eigenvalue weighted by atomic mass is 16.2. The van der Waals surface area contributed by atoms with Crippen LogP contribution >= 0.6 is 0 Å². The molecule has 4 heterocycles. The number of likely N-dealkylation sites (tertiary alicyclic amines) is 1. The third-order valence-electron chi connectivity index (χ3n) is 10.3. The molecule has 3 aromatic heterocycles. The third-order valence-corrected chi connectivity index (χ3v) is 10.3. The van der Waals surface area contributed by atoms with E-state index < -0.39 is 6.04 Å². The van der Waals surface area contributed by atoms with Gasteiger partial charge in [-0.2, -0.15) is 4.98 Å². The van der Waals surface area contributed by atoms with Gasteiger partial charge < -0.3 is 37.2 Å². The zero-order valence-electron chi connectivity index (χ0n) is 31.4. The van der Waals surface area contributed by atoms with Gasteiger partial charge in [0.25, 0.3) is 0 Å². The van der Waals surface area contributed by atoms with Crippen LogP contribution in [0.4, 0.5) is 11.8 Å². The predicted molar refractivity (Wildman–Crippen MR) is 210 cm³/mol. The summed E-state index contributed by atoms with van der Waals surface area (Å²) in [4.78, 5) is 41.1. The van der Waals surface area contributed by atoms with E-state index in [0.29, 0.717) is 38.5 Å². The summed E-state index contributed by atoms with van der Waals surface area (Å²) >= 11 is 0. The van der Waals surface area contributed by atoms with Crippen molar-refractivity contribution in [3.8, 4) is 0 Å². The first-order chi connectivity index (χ1) is 26.5. The first-order valence-corrected chi connectivity index (χ1v) is 19.8. The van der Waals surface area contributed by atoms with E-state index in [0.717, 1.165) is 86.0 Å². The molecular formula is C39H57N13O2. The highest BCUT2D eigenvalue weighted by Gasteiger charge is 2.25. The van der Waals surface area contributed by atoms with Gasteiger partial charge in [-0.3, -0.25) is 19.3 Å². The fourth-order valence-corrected chi connectivity index (χ4v) is 7.13. The molecule has 1 saturated heterocycles. The quantitative estimate of drug-likeness (QED) is 0.0726. The van der Waals surface area contributed by atoms with Gasteiger partial charge in [0.1, 0.15) is 11.5 Å². The summed E-state index contributed by atoms with van der Waals surface area (Å²) < 4.78 is 1.89. The Balaban J connectivity index is 0.896. The van der Waals surface area contributed by atoms with Crippen LogP contribution in [0.1, 0.15) is 82.0 Å². The number of fused-ring (bicyclic) bond motifs is 1. The first-order valence-electron chi connectivity index (χ1n) is 19.8. The largest absolute Gasteiger partial charge is 0.367 e. The zero-order chi connectivity index (χ0) is 37.4. The number of pyridine rings is 1. The van der Waals surface area contributed by atoms with E-state index in [-0.39, 0.29) is 24.3 Å². The van der Waals surface area contributed by atoms with Crippen molar-refractivity contribution in [2.75, 3.05) is 43.4 Å². The Bertz CT molecular complexity index is 1740. The molecule has 0 radical (unpaired) electrons. The van der Waals surface area contributed by atoms with E-state index in [1.807, 2.05) is 58.2 Å². The number of aryl methyl sites for hydroxylation is 1. The highest BCUT2D eigenvalue weighted by Crippen LogP contribution is 2.25. The van der Waals surface area contributed by atoms with Crippen molar-refractivity contribution in [1.29, 1.82) is 0 Å². The average Bonchev–Trinajstić information content (AvgIpc) is 3.67. The Morgan fingerprint density at radius 2 is 1.69 bits per heavy atom. The summed E-state index contributed by atoms with van der Waals surface area (Å²) in [6, 6.07) is 13.6. The number of piperidine rings is 1. The van der Waals surface area contributed by atoms with Crippen LogP contribution in [-0.2, 0) is 29.2 Å². The van der Waals surface area contributed by atoms with Gasteiger partial charge in [-0.1, -0.05) is 42.7 Å². The number of nitrogens with two attached hydrogens (primary N) is 1. The number of hydrogen-bond donors (Lipinski definition) is 6. The van der Waals surface area contributed by atoms with Crippen LogP contribution in [0.2, 0.25) is 0 Å². The maximum atomic E-state index is 13.0. The van der Waals surface area contributed by atoms with Gasteiger partial charge in [0, 0.05) is 49.7 Å². The average molecular weight is 740 g/mol. The number of para-hydroxylation sites is 1. The summed E-state index contributed by atoms with van der Waals surface area (Å²) in [6.45, 7) is 5.89. The molecule has 54 heavy (non-hydrogen) atoms. The van der Waals surface area contributed by atoms with Gasteiger partial charge in [-0.25, -0.2) is 4.98 Å². The van der Waals surface area contributed by atoms with Crippen LogP contribution in [0.5, 0.6) is 0 Å². The van der Waals surface area contributed by atoms with Crippen molar-refractivity contribution in [2.24, 2.45) is 5.73 Å². The molecule has 6 rings (SSSR count). The molecule has 15 nitrogen and oxygen atoms in total. The van der Waals surface area contributed by atoms with Crippen molar-refractivity contribution in [3.63, 3.8) is 0 Å². The van der Waals surface area contributed by atoms with E-state index in [1.165, 1.54) is 32.1 Å². The Hall–Kier alpha value is -4.73. The molecule has 1 aliphatic heterocycles. The number of nitrogens with zero attached hydrogens (tertiary/aromatic N) is 7. The number of carbonyl (C=O) groups excluding carboxylic acids is 2. The molecule has 0 spiro atoms. The summed E-state index contributed by atoms with van der Waals surface area (Å²) in [5, 5.41) is 26.6. The second-order valence-corrected chi connectivity index (χ2v) is 14.5. The van der Waals surface area contributed by atoms with Crippen LogP contribution in [0.3, 0.4) is 0 Å². The molecule has 2 fully saturated rings. The summed E-state index contributed by atoms with van der Waals surface area (Å²) in [7, 11) is 0. The molecule has 2 amide bonds. The lowest BCUT2D eigenvalue weighted by atomic mass is 9.95. The molecule has 1 aliphatic carbocycles. The smallest absolute Gasteiger partial charge is 0.237 e. The maximum absolute atomic E-state index is 13.0. The summed E-state index contributed by atoms with van der Waals surface area (Å²) in [5.41, 5.74) is 8.51. The maximum Gasteiger partial charge on any atom is 0.237 e. The minimum atomic E-state index is -0.752. The van der Waals surface area contributed by atoms with Crippen molar-refractivity contribution in [3.05, 3.63) is 66.2 Å². The summed E-state index contributed by atoms with van der Waals surface area (Å²) in [6.07, 6.45) is 14.7. The van der Waals surface area contributed by atoms with Crippen LogP contribution in [-0.4, -0.2) is 97.5 Å². The van der Waals surface area contributed by atoms with E-state index in [4.69, 9.17) is 15.7 Å². The number of rotatable bonds is 20. The van der Waals surface area contributed by atoms with Crippen LogP contribution in [0.25, 0.3) is 10.9 Å². The number of anilines is 2. The van der Waals surface area contributed by atoms with Gasteiger partial charge in [0.2, 0.25) is 17.8 Å². The molecule has 290 valence electrons. The standard InChI is InChI=1S/C39H57N13O2/c40-34(38(54)44-26-31-12-6-7-21-43-31)15-16-36(53)51-24-17-30(18-25-51)46-37-33-13-4-5-14-35(33)47-39(48-37)45-27-32-28-52(50-49-32)23-9-20-41-19-8-22-42-29-10-2-1-3-11-29/h4-7,12-14,21,28-30,34,41-42H,1-3,8-11,15-20,22-27,40H2,(H,44,54)(H2,45,46,47,48). The van der Waals surface area contributed by atoms with Gasteiger partial charge in [-0.05, 0) is 88.8 Å². The van der Waals surface area contributed by atoms with Crippen molar-refractivity contribution in [1.82, 2.24) is 50.8 Å². The van der Waals surface area contributed by atoms with Gasteiger partial charge in [0.05, 0.1) is 36.5 Å². The number of carbonyl (C=O) groups is 2. The molecule has 1 saturated carbocycles. The second kappa shape index (κ2) is 20.7. The fraction of sp³-hybridized carbons (Fsp3) is 0.564. The molecule has 1 unspecified atom stereocenters. The van der Waals surface area contributed by atoms with Gasteiger partial charge in [-0.15, -0.1) is 5.10 Å². The third kappa shape index (κ3) is 12.1. The Morgan fingerprint density at radius 1 is 0.870 bits per heavy atom.